The lowest BCUT2D eigenvalue weighted by Crippen LogP contribution is -2.28. The molecule has 2 aromatic heterocycles. The molecular weight excluding hydrogens is 300 g/mol. The van der Waals surface area contributed by atoms with Gasteiger partial charge in [-0.15, -0.1) is 11.3 Å². The van der Waals surface area contributed by atoms with Crippen molar-refractivity contribution in [2.75, 3.05) is 6.61 Å². The van der Waals surface area contributed by atoms with Gasteiger partial charge < -0.3 is 10.1 Å². The molecule has 3 aromatic rings. The summed E-state index contributed by atoms with van der Waals surface area (Å²) in [7, 11) is 0. The minimum atomic E-state index is -0.260. The molecule has 0 aliphatic heterocycles. The van der Waals surface area contributed by atoms with Gasteiger partial charge in [-0.1, -0.05) is 12.1 Å². The third-order valence-corrected chi connectivity index (χ3v) is 3.75. The minimum absolute atomic E-state index is 0.138. The number of aromatic nitrogens is 2. The van der Waals surface area contributed by atoms with Crippen molar-refractivity contribution < 1.29 is 9.53 Å². The second-order valence-electron chi connectivity index (χ2n) is 4.50. The number of ether oxygens (including phenoxy) is 1. The van der Waals surface area contributed by atoms with E-state index >= 15 is 0 Å². The zero-order valence-corrected chi connectivity index (χ0v) is 12.3. The number of imidazole rings is 1. The summed E-state index contributed by atoms with van der Waals surface area (Å²) < 4.78 is 7.27. The zero-order valence-electron chi connectivity index (χ0n) is 11.5. The molecule has 0 saturated carbocycles. The Hall–Kier alpha value is -2.85. The number of hydrogen-bond donors (Lipinski definition) is 1. The molecule has 0 fully saturated rings. The quantitative estimate of drug-likeness (QED) is 0.781. The van der Waals surface area contributed by atoms with Gasteiger partial charge in [0.2, 0.25) is 0 Å². The molecule has 3 rings (SSSR count). The smallest absolute Gasteiger partial charge is 0.258 e. The van der Waals surface area contributed by atoms with Crippen LogP contribution >= 0.6 is 11.3 Å². The first-order valence-corrected chi connectivity index (χ1v) is 7.44. The van der Waals surface area contributed by atoms with Gasteiger partial charge in [0.05, 0.1) is 17.8 Å². The van der Waals surface area contributed by atoms with E-state index in [1.54, 1.807) is 24.3 Å². The lowest BCUT2D eigenvalue weighted by Gasteiger charge is -2.07. The molecule has 0 radical (unpaired) electrons. The number of hydrogen-bond acceptors (Lipinski definition) is 5. The highest BCUT2D eigenvalue weighted by atomic mass is 32.1. The third kappa shape index (κ3) is 3.07. The molecule has 1 N–H and O–H groups in total. The van der Waals surface area contributed by atoms with Gasteiger partial charge in [-0.05, 0) is 12.1 Å². The van der Waals surface area contributed by atoms with Crippen LogP contribution in [0.25, 0.3) is 4.96 Å². The van der Waals surface area contributed by atoms with Gasteiger partial charge in [-0.25, -0.2) is 4.98 Å². The Kier molecular flexibility index (Phi) is 4.03. The minimum Gasteiger partial charge on any atom is -0.482 e. The van der Waals surface area contributed by atoms with Crippen LogP contribution in [-0.2, 0) is 11.3 Å². The highest BCUT2D eigenvalue weighted by Crippen LogP contribution is 2.16. The third-order valence-electron chi connectivity index (χ3n) is 2.98. The molecule has 22 heavy (non-hydrogen) atoms. The highest BCUT2D eigenvalue weighted by Gasteiger charge is 2.08. The monoisotopic (exact) mass is 312 g/mol. The summed E-state index contributed by atoms with van der Waals surface area (Å²) in [5, 5.41) is 13.6. The number of para-hydroxylation sites is 1. The number of amides is 1. The van der Waals surface area contributed by atoms with E-state index in [2.05, 4.69) is 10.3 Å². The van der Waals surface area contributed by atoms with Crippen LogP contribution in [0, 0.1) is 11.3 Å². The molecule has 2 heterocycles. The van der Waals surface area contributed by atoms with Crippen molar-refractivity contribution in [1.82, 2.24) is 14.7 Å². The molecular formula is C15H12N4O2S. The van der Waals surface area contributed by atoms with E-state index in [4.69, 9.17) is 10.00 Å². The van der Waals surface area contributed by atoms with Crippen molar-refractivity contribution in [3.63, 3.8) is 0 Å². The van der Waals surface area contributed by atoms with E-state index in [1.807, 2.05) is 28.2 Å². The van der Waals surface area contributed by atoms with Crippen LogP contribution in [0.2, 0.25) is 0 Å². The first-order chi connectivity index (χ1) is 10.8. The number of thiazole rings is 1. The summed E-state index contributed by atoms with van der Waals surface area (Å²) in [6.07, 6.45) is 3.79. The molecule has 0 aliphatic rings. The summed E-state index contributed by atoms with van der Waals surface area (Å²) in [5.41, 5.74) is 1.20. The van der Waals surface area contributed by atoms with E-state index in [0.717, 1.165) is 10.7 Å². The van der Waals surface area contributed by atoms with Crippen molar-refractivity contribution in [2.24, 2.45) is 0 Å². The Bertz CT molecular complexity index is 818. The highest BCUT2D eigenvalue weighted by molar-refractivity contribution is 7.15. The lowest BCUT2D eigenvalue weighted by molar-refractivity contribution is -0.123. The van der Waals surface area contributed by atoms with Gasteiger partial charge in [0.15, 0.2) is 11.6 Å². The number of nitrogens with zero attached hydrogens (tertiary/aromatic N) is 3. The largest absolute Gasteiger partial charge is 0.482 e. The number of benzene rings is 1. The Labute approximate surface area is 130 Å². The molecule has 0 aliphatic carbocycles. The van der Waals surface area contributed by atoms with E-state index in [0.29, 0.717) is 17.9 Å². The number of nitrogens with one attached hydrogen (secondary N) is 1. The summed E-state index contributed by atoms with van der Waals surface area (Å²) in [5.74, 6) is 0.145. The van der Waals surface area contributed by atoms with Gasteiger partial charge in [-0.3, -0.25) is 9.20 Å². The lowest BCUT2D eigenvalue weighted by atomic mass is 10.2. The van der Waals surface area contributed by atoms with E-state index in [-0.39, 0.29) is 12.5 Å². The Morgan fingerprint density at radius 3 is 3.14 bits per heavy atom. The molecule has 6 nitrogen and oxygen atoms in total. The Morgan fingerprint density at radius 1 is 1.45 bits per heavy atom. The summed E-state index contributed by atoms with van der Waals surface area (Å²) in [4.78, 5) is 17.1. The molecule has 0 saturated heterocycles. The van der Waals surface area contributed by atoms with Gasteiger partial charge in [0.25, 0.3) is 5.91 Å². The number of carbonyl (C=O) groups is 1. The average molecular weight is 312 g/mol. The molecule has 110 valence electrons. The summed E-state index contributed by atoms with van der Waals surface area (Å²) in [6, 6.07) is 8.83. The van der Waals surface area contributed by atoms with Gasteiger partial charge >= 0.3 is 0 Å². The van der Waals surface area contributed by atoms with Crippen molar-refractivity contribution in [2.45, 2.75) is 6.54 Å². The maximum absolute atomic E-state index is 11.8. The second-order valence-corrected chi connectivity index (χ2v) is 5.37. The molecule has 0 bridgehead atoms. The van der Waals surface area contributed by atoms with Crippen molar-refractivity contribution >= 4 is 22.2 Å². The fraction of sp³-hybridized carbons (Fsp3) is 0.133. The van der Waals surface area contributed by atoms with E-state index in [1.165, 1.54) is 11.3 Å². The van der Waals surface area contributed by atoms with E-state index in [9.17, 15) is 4.79 Å². The van der Waals surface area contributed by atoms with Crippen LogP contribution in [0.3, 0.4) is 0 Å². The number of nitriles is 1. The number of rotatable bonds is 5. The average Bonchev–Trinajstić information content (AvgIpc) is 3.12. The second kappa shape index (κ2) is 6.28. The van der Waals surface area contributed by atoms with Gasteiger partial charge in [-0.2, -0.15) is 5.26 Å². The van der Waals surface area contributed by atoms with Crippen LogP contribution < -0.4 is 10.1 Å². The van der Waals surface area contributed by atoms with Crippen LogP contribution in [0.4, 0.5) is 0 Å². The zero-order chi connectivity index (χ0) is 15.4. The maximum Gasteiger partial charge on any atom is 0.258 e. The molecule has 0 spiro atoms. The fourth-order valence-electron chi connectivity index (χ4n) is 1.93. The van der Waals surface area contributed by atoms with Crippen LogP contribution in [0.5, 0.6) is 5.75 Å². The predicted octanol–water partition coefficient (Wildman–Crippen LogP) is 1.96. The normalized spacial score (nSPS) is 10.3. The SMILES string of the molecule is N#Cc1ccccc1OCC(=O)NCc1cn2ccsc2n1. The Balaban J connectivity index is 1.52. The van der Waals surface area contributed by atoms with Crippen LogP contribution in [0.1, 0.15) is 11.3 Å². The van der Waals surface area contributed by atoms with Crippen LogP contribution in [0.15, 0.2) is 42.0 Å². The first kappa shape index (κ1) is 14.1. The fourth-order valence-corrected chi connectivity index (χ4v) is 2.65. The molecule has 0 unspecified atom stereocenters. The van der Waals surface area contributed by atoms with E-state index < -0.39 is 0 Å². The van der Waals surface area contributed by atoms with Crippen molar-refractivity contribution in [3.8, 4) is 11.8 Å². The maximum atomic E-state index is 11.8. The number of fused-ring (bicyclic) bond motifs is 1. The summed E-state index contributed by atoms with van der Waals surface area (Å²) in [6.45, 7) is 0.206. The Morgan fingerprint density at radius 2 is 2.32 bits per heavy atom. The predicted molar refractivity (Wildman–Crippen MR) is 81.6 cm³/mol. The first-order valence-electron chi connectivity index (χ1n) is 6.56. The van der Waals surface area contributed by atoms with Crippen molar-refractivity contribution in [3.05, 3.63) is 53.3 Å². The topological polar surface area (TPSA) is 79.4 Å². The summed E-state index contributed by atoms with van der Waals surface area (Å²) >= 11 is 1.54. The molecule has 1 amide bonds. The standard InChI is InChI=1S/C15H12N4O2S/c16-7-11-3-1-2-4-13(11)21-10-14(20)17-8-12-9-19-5-6-22-15(19)18-12/h1-6,9H,8,10H2,(H,17,20). The van der Waals surface area contributed by atoms with Crippen molar-refractivity contribution in [1.29, 1.82) is 5.26 Å². The van der Waals surface area contributed by atoms with Crippen LogP contribution in [-0.4, -0.2) is 21.9 Å². The van der Waals surface area contributed by atoms with Gasteiger partial charge in [0, 0.05) is 17.8 Å². The molecule has 1 aromatic carbocycles. The number of carbonyl (C=O) groups excluding carboxylic acids is 1. The molecule has 0 atom stereocenters. The molecule has 7 heteroatoms. The van der Waals surface area contributed by atoms with Gasteiger partial charge in [0.1, 0.15) is 11.8 Å².